The zero-order valence-corrected chi connectivity index (χ0v) is 12.4. The van der Waals surface area contributed by atoms with Crippen molar-refractivity contribution in [2.24, 2.45) is 0 Å². The van der Waals surface area contributed by atoms with Crippen LogP contribution in [0.5, 0.6) is 0 Å². The Labute approximate surface area is 122 Å². The molecule has 1 fully saturated rings. The molecule has 3 rings (SSSR count). The highest BCUT2D eigenvalue weighted by molar-refractivity contribution is 7.99. The maximum absolute atomic E-state index is 5.97. The van der Waals surface area contributed by atoms with E-state index in [1.54, 1.807) is 0 Å². The molecular weight excluding hydrogens is 278 g/mol. The molecule has 2 aromatic heterocycles. The SMILES string of the molecule is Clc1ccc2nc(CNCC3CCCCS3)cn2c1. The lowest BCUT2D eigenvalue weighted by Crippen LogP contribution is -2.26. The number of aromatic nitrogens is 2. The minimum atomic E-state index is 0.739. The zero-order valence-electron chi connectivity index (χ0n) is 10.8. The molecule has 0 bridgehead atoms. The molecule has 2 aromatic rings. The maximum atomic E-state index is 5.97. The van der Waals surface area contributed by atoms with Crippen LogP contribution in [0, 0.1) is 0 Å². The first-order chi connectivity index (χ1) is 9.31. The molecule has 3 nitrogen and oxygen atoms in total. The van der Waals surface area contributed by atoms with Gasteiger partial charge in [-0.1, -0.05) is 18.0 Å². The van der Waals surface area contributed by atoms with Gasteiger partial charge in [-0.2, -0.15) is 11.8 Å². The summed E-state index contributed by atoms with van der Waals surface area (Å²) in [5, 5.41) is 5.03. The highest BCUT2D eigenvalue weighted by atomic mass is 35.5. The number of rotatable bonds is 4. The summed E-state index contributed by atoms with van der Waals surface area (Å²) in [6, 6.07) is 3.82. The van der Waals surface area contributed by atoms with E-state index in [9.17, 15) is 0 Å². The molecule has 1 saturated heterocycles. The van der Waals surface area contributed by atoms with Crippen LogP contribution in [0.15, 0.2) is 24.5 Å². The van der Waals surface area contributed by atoms with Crippen LogP contribution in [0.3, 0.4) is 0 Å². The van der Waals surface area contributed by atoms with Crippen LogP contribution in [-0.2, 0) is 6.54 Å². The van der Waals surface area contributed by atoms with Gasteiger partial charge in [-0.05, 0) is 30.7 Å². The lowest BCUT2D eigenvalue weighted by molar-refractivity contribution is 0.594. The minimum Gasteiger partial charge on any atom is -0.310 e. The Hall–Kier alpha value is -0.710. The molecule has 1 aliphatic rings. The highest BCUT2D eigenvalue weighted by Gasteiger charge is 2.13. The summed E-state index contributed by atoms with van der Waals surface area (Å²) in [7, 11) is 0. The molecule has 0 saturated carbocycles. The molecule has 0 aromatic carbocycles. The molecule has 3 heterocycles. The van der Waals surface area contributed by atoms with Gasteiger partial charge < -0.3 is 9.72 Å². The average molecular weight is 296 g/mol. The van der Waals surface area contributed by atoms with Gasteiger partial charge in [0.15, 0.2) is 0 Å². The Kier molecular flexibility index (Phi) is 4.31. The van der Waals surface area contributed by atoms with Crippen LogP contribution in [0.4, 0.5) is 0 Å². The first-order valence-corrected chi connectivity index (χ1v) is 8.19. The van der Waals surface area contributed by atoms with Gasteiger partial charge in [0, 0.05) is 30.7 Å². The molecule has 1 unspecified atom stereocenters. The molecule has 5 heteroatoms. The molecule has 0 amide bonds. The molecule has 1 aliphatic heterocycles. The number of imidazole rings is 1. The van der Waals surface area contributed by atoms with Crippen LogP contribution in [0.25, 0.3) is 5.65 Å². The van der Waals surface area contributed by atoms with Gasteiger partial charge in [-0.15, -0.1) is 0 Å². The Morgan fingerprint density at radius 1 is 1.37 bits per heavy atom. The fourth-order valence-corrected chi connectivity index (χ4v) is 3.87. The van der Waals surface area contributed by atoms with E-state index >= 15 is 0 Å². The van der Waals surface area contributed by atoms with Crippen molar-refractivity contribution < 1.29 is 0 Å². The molecule has 0 spiro atoms. The smallest absolute Gasteiger partial charge is 0.137 e. The third-order valence-corrected chi connectivity index (χ3v) is 5.04. The molecule has 102 valence electrons. The lowest BCUT2D eigenvalue weighted by atomic mass is 10.2. The quantitative estimate of drug-likeness (QED) is 0.938. The second-order valence-corrected chi connectivity index (χ2v) is 6.81. The predicted octanol–water partition coefficient (Wildman–Crippen LogP) is 3.36. The summed E-state index contributed by atoms with van der Waals surface area (Å²) in [4.78, 5) is 4.57. The van der Waals surface area contributed by atoms with E-state index in [-0.39, 0.29) is 0 Å². The third-order valence-electron chi connectivity index (χ3n) is 3.42. The van der Waals surface area contributed by atoms with E-state index in [0.29, 0.717) is 0 Å². The number of hydrogen-bond acceptors (Lipinski definition) is 3. The Bertz CT molecular complexity index is 549. The number of hydrogen-bond donors (Lipinski definition) is 1. The fraction of sp³-hybridized carbons (Fsp3) is 0.500. The molecule has 1 atom stereocenters. The standard InChI is InChI=1S/C14H18ClN3S/c15-11-4-5-14-17-12(10-18(14)9-11)7-16-8-13-3-1-2-6-19-13/h4-5,9-10,13,16H,1-3,6-8H2. The third kappa shape index (κ3) is 3.44. The van der Waals surface area contributed by atoms with Gasteiger partial charge in [0.25, 0.3) is 0 Å². The van der Waals surface area contributed by atoms with Gasteiger partial charge in [0.1, 0.15) is 5.65 Å². The lowest BCUT2D eigenvalue weighted by Gasteiger charge is -2.21. The van der Waals surface area contributed by atoms with Crippen LogP contribution < -0.4 is 5.32 Å². The topological polar surface area (TPSA) is 29.3 Å². The first kappa shape index (κ1) is 13.3. The second-order valence-electron chi connectivity index (χ2n) is 4.96. The van der Waals surface area contributed by atoms with Crippen molar-refractivity contribution >= 4 is 29.0 Å². The molecule has 0 radical (unpaired) electrons. The zero-order chi connectivity index (χ0) is 13.1. The van der Waals surface area contributed by atoms with Gasteiger partial charge in [-0.25, -0.2) is 4.98 Å². The second kappa shape index (κ2) is 6.16. The summed E-state index contributed by atoms with van der Waals surface area (Å²) in [6.45, 7) is 1.91. The van der Waals surface area contributed by atoms with Crippen LogP contribution in [-0.4, -0.2) is 26.9 Å². The van der Waals surface area contributed by atoms with Gasteiger partial charge in [-0.3, -0.25) is 0 Å². The minimum absolute atomic E-state index is 0.739. The monoisotopic (exact) mass is 295 g/mol. The van der Waals surface area contributed by atoms with E-state index in [1.807, 2.05) is 28.9 Å². The highest BCUT2D eigenvalue weighted by Crippen LogP contribution is 2.24. The number of nitrogens with zero attached hydrogens (tertiary/aromatic N) is 2. The number of thioether (sulfide) groups is 1. The number of fused-ring (bicyclic) bond motifs is 1. The normalized spacial score (nSPS) is 19.9. The van der Waals surface area contributed by atoms with Crippen molar-refractivity contribution in [3.8, 4) is 0 Å². The summed E-state index contributed by atoms with van der Waals surface area (Å²) in [5.41, 5.74) is 2.02. The Morgan fingerprint density at radius 3 is 3.16 bits per heavy atom. The molecule has 0 aliphatic carbocycles. The van der Waals surface area contributed by atoms with Crippen LogP contribution in [0.2, 0.25) is 5.02 Å². The summed E-state index contributed by atoms with van der Waals surface area (Å²) >= 11 is 8.07. The van der Waals surface area contributed by atoms with Gasteiger partial charge >= 0.3 is 0 Å². The number of nitrogens with one attached hydrogen (secondary N) is 1. The van der Waals surface area contributed by atoms with Crippen molar-refractivity contribution in [1.82, 2.24) is 14.7 Å². The van der Waals surface area contributed by atoms with Crippen molar-refractivity contribution in [1.29, 1.82) is 0 Å². The van der Waals surface area contributed by atoms with Crippen molar-refractivity contribution in [3.63, 3.8) is 0 Å². The van der Waals surface area contributed by atoms with Crippen LogP contribution in [0.1, 0.15) is 25.0 Å². The summed E-state index contributed by atoms with van der Waals surface area (Å²) < 4.78 is 1.98. The Morgan fingerprint density at radius 2 is 2.32 bits per heavy atom. The van der Waals surface area contributed by atoms with E-state index < -0.39 is 0 Å². The number of halogens is 1. The van der Waals surface area contributed by atoms with Crippen molar-refractivity contribution in [2.45, 2.75) is 31.1 Å². The fourth-order valence-electron chi connectivity index (χ4n) is 2.43. The van der Waals surface area contributed by atoms with E-state index in [0.717, 1.165) is 34.7 Å². The molecular formula is C14H18ClN3S. The van der Waals surface area contributed by atoms with Crippen molar-refractivity contribution in [2.75, 3.05) is 12.3 Å². The first-order valence-electron chi connectivity index (χ1n) is 6.77. The van der Waals surface area contributed by atoms with E-state index in [4.69, 9.17) is 11.6 Å². The average Bonchev–Trinajstić information content (AvgIpc) is 2.82. The van der Waals surface area contributed by atoms with E-state index in [2.05, 4.69) is 22.1 Å². The van der Waals surface area contributed by atoms with Crippen molar-refractivity contribution in [3.05, 3.63) is 35.2 Å². The molecule has 19 heavy (non-hydrogen) atoms. The van der Waals surface area contributed by atoms with Crippen LogP contribution >= 0.6 is 23.4 Å². The summed E-state index contributed by atoms with van der Waals surface area (Å²) in [6.07, 6.45) is 8.05. The Balaban J connectivity index is 1.56. The van der Waals surface area contributed by atoms with Gasteiger partial charge in [0.2, 0.25) is 0 Å². The summed E-state index contributed by atoms with van der Waals surface area (Å²) in [5.74, 6) is 1.32. The predicted molar refractivity (Wildman–Crippen MR) is 82.0 cm³/mol. The maximum Gasteiger partial charge on any atom is 0.137 e. The molecule has 1 N–H and O–H groups in total. The number of pyridine rings is 1. The largest absolute Gasteiger partial charge is 0.310 e. The van der Waals surface area contributed by atoms with Gasteiger partial charge in [0.05, 0.1) is 10.7 Å². The van der Waals surface area contributed by atoms with E-state index in [1.165, 1.54) is 25.0 Å².